The molecule has 0 saturated carbocycles. The number of carbonyl (C=O) groups excluding carboxylic acids is 1. The van der Waals surface area contributed by atoms with E-state index in [1.54, 1.807) is 56.3 Å². The van der Waals surface area contributed by atoms with E-state index in [1.165, 1.54) is 23.8 Å². The van der Waals surface area contributed by atoms with Crippen LogP contribution in [-0.2, 0) is 9.53 Å². The van der Waals surface area contributed by atoms with Gasteiger partial charge in [0, 0.05) is 17.7 Å². The first-order chi connectivity index (χ1) is 19.6. The summed E-state index contributed by atoms with van der Waals surface area (Å²) in [6, 6.07) is 11.6. The van der Waals surface area contributed by atoms with E-state index >= 15 is 0 Å². The van der Waals surface area contributed by atoms with Crippen molar-refractivity contribution in [3.8, 4) is 22.8 Å². The maximum absolute atomic E-state index is 13.8. The number of phenols is 1. The fourth-order valence-corrected chi connectivity index (χ4v) is 6.14. The molecule has 0 unspecified atom stereocenters. The van der Waals surface area contributed by atoms with Crippen LogP contribution < -0.4 is 19.6 Å². The highest BCUT2D eigenvalue weighted by Crippen LogP contribution is 2.35. The molecule has 11 nitrogen and oxygen atoms in total. The lowest BCUT2D eigenvalue weighted by atomic mass is 10.0. The van der Waals surface area contributed by atoms with Crippen molar-refractivity contribution in [3.63, 3.8) is 0 Å². The molecule has 210 valence electrons. The van der Waals surface area contributed by atoms with E-state index in [9.17, 15) is 24.8 Å². The number of methoxy groups -OCH3 is 1. The van der Waals surface area contributed by atoms with Crippen LogP contribution in [0.15, 0.2) is 74.0 Å². The van der Waals surface area contributed by atoms with Crippen molar-refractivity contribution in [3.05, 3.63) is 104 Å². The Balaban J connectivity index is 1.68. The van der Waals surface area contributed by atoms with Gasteiger partial charge in [-0.15, -0.1) is 0 Å². The number of nitrogens with zero attached hydrogens (tertiary/aromatic N) is 3. The van der Waals surface area contributed by atoms with Crippen molar-refractivity contribution >= 4 is 51.7 Å². The first-order valence-electron chi connectivity index (χ1n) is 12.2. The Labute approximate surface area is 250 Å². The van der Waals surface area contributed by atoms with Crippen LogP contribution in [0.5, 0.6) is 11.5 Å². The number of phenolic OH excluding ortho intramolecular Hbond substituents is 1. The number of aromatic nitrogens is 1. The molecule has 0 aliphatic carbocycles. The lowest BCUT2D eigenvalue weighted by Crippen LogP contribution is -2.39. The number of rotatable bonds is 7. The number of aromatic hydroxyl groups is 1. The molecule has 13 heteroatoms. The van der Waals surface area contributed by atoms with Gasteiger partial charge < -0.3 is 19.0 Å². The molecule has 0 amide bonds. The van der Waals surface area contributed by atoms with E-state index in [4.69, 9.17) is 13.9 Å². The fourth-order valence-electron chi connectivity index (χ4n) is 4.47. The molecule has 0 radical (unpaired) electrons. The van der Waals surface area contributed by atoms with Gasteiger partial charge in [-0.2, -0.15) is 0 Å². The van der Waals surface area contributed by atoms with Crippen molar-refractivity contribution in [1.29, 1.82) is 0 Å². The van der Waals surface area contributed by atoms with Crippen LogP contribution >= 0.6 is 33.9 Å². The van der Waals surface area contributed by atoms with E-state index in [0.717, 1.165) is 11.3 Å². The van der Waals surface area contributed by atoms with Gasteiger partial charge in [0.2, 0.25) is 0 Å². The number of esters is 1. The molecule has 3 heterocycles. The molecular formula is C28H22IN3O8S. The smallest absolute Gasteiger partial charge is 0.338 e. The zero-order chi connectivity index (χ0) is 29.4. The molecule has 0 spiro atoms. The lowest BCUT2D eigenvalue weighted by Gasteiger charge is -2.22. The van der Waals surface area contributed by atoms with Crippen LogP contribution in [0.1, 0.15) is 31.2 Å². The predicted octanol–water partition coefficient (Wildman–Crippen LogP) is 4.29. The van der Waals surface area contributed by atoms with Gasteiger partial charge in [-0.05, 0) is 72.3 Å². The summed E-state index contributed by atoms with van der Waals surface area (Å²) in [4.78, 5) is 42.7. The van der Waals surface area contributed by atoms with Gasteiger partial charge in [-0.1, -0.05) is 23.5 Å². The molecule has 0 saturated heterocycles. The van der Waals surface area contributed by atoms with Gasteiger partial charge in [-0.3, -0.25) is 19.5 Å². The monoisotopic (exact) mass is 687 g/mol. The van der Waals surface area contributed by atoms with Crippen LogP contribution in [0.25, 0.3) is 17.4 Å². The number of nitro groups is 1. The molecule has 1 aliphatic heterocycles. The Morgan fingerprint density at radius 2 is 2.07 bits per heavy atom. The average Bonchev–Trinajstić information content (AvgIpc) is 3.55. The van der Waals surface area contributed by atoms with Crippen LogP contribution in [0.2, 0.25) is 0 Å². The highest BCUT2D eigenvalue weighted by Gasteiger charge is 2.35. The van der Waals surface area contributed by atoms with Crippen LogP contribution in [0.4, 0.5) is 5.69 Å². The third-order valence-electron chi connectivity index (χ3n) is 6.32. The van der Waals surface area contributed by atoms with Crippen molar-refractivity contribution < 1.29 is 28.7 Å². The second-order valence-electron chi connectivity index (χ2n) is 8.87. The Kier molecular flexibility index (Phi) is 7.82. The number of hydrogen-bond acceptors (Lipinski definition) is 10. The summed E-state index contributed by atoms with van der Waals surface area (Å²) in [6.45, 7) is 3.46. The topological polar surface area (TPSA) is 146 Å². The maximum Gasteiger partial charge on any atom is 0.338 e. The summed E-state index contributed by atoms with van der Waals surface area (Å²) in [7, 11) is 1.44. The Morgan fingerprint density at radius 1 is 1.29 bits per heavy atom. The SMILES string of the molecule is CCOC(=O)C1=C(C)N=c2s/c(=C\c3cc(I)c(O)c(OC)c3)c(=O)n2[C@H]1c1ccc(-c2cccc([N+](=O)[O-])c2)o1. The molecule has 0 bridgehead atoms. The van der Waals surface area contributed by atoms with E-state index in [1.807, 2.05) is 22.6 Å². The zero-order valence-corrected chi connectivity index (χ0v) is 24.9. The highest BCUT2D eigenvalue weighted by atomic mass is 127. The first kappa shape index (κ1) is 28.3. The zero-order valence-electron chi connectivity index (χ0n) is 21.9. The number of hydrogen-bond donors (Lipinski definition) is 1. The summed E-state index contributed by atoms with van der Waals surface area (Å²) >= 11 is 3.11. The maximum atomic E-state index is 13.8. The minimum atomic E-state index is -0.991. The number of allylic oxidation sites excluding steroid dienone is 1. The van der Waals surface area contributed by atoms with E-state index < -0.39 is 22.5 Å². The number of carbonyl (C=O) groups is 1. The van der Waals surface area contributed by atoms with Crippen LogP contribution in [0.3, 0.4) is 0 Å². The lowest BCUT2D eigenvalue weighted by molar-refractivity contribution is -0.384. The van der Waals surface area contributed by atoms with Crippen molar-refractivity contribution in [2.45, 2.75) is 19.9 Å². The number of halogens is 1. The van der Waals surface area contributed by atoms with Gasteiger partial charge in [-0.25, -0.2) is 9.79 Å². The number of thiazole rings is 1. The molecule has 1 N–H and O–H groups in total. The average molecular weight is 687 g/mol. The van der Waals surface area contributed by atoms with Gasteiger partial charge in [0.1, 0.15) is 17.6 Å². The van der Waals surface area contributed by atoms with Crippen molar-refractivity contribution in [1.82, 2.24) is 4.57 Å². The third kappa shape index (κ3) is 5.29. The highest BCUT2D eigenvalue weighted by molar-refractivity contribution is 14.1. The number of fused-ring (bicyclic) bond motifs is 1. The molecule has 0 fully saturated rings. The van der Waals surface area contributed by atoms with E-state index in [-0.39, 0.29) is 35.1 Å². The predicted molar refractivity (Wildman–Crippen MR) is 159 cm³/mol. The van der Waals surface area contributed by atoms with Gasteiger partial charge in [0.05, 0.1) is 38.0 Å². The number of non-ortho nitro benzene ring substituents is 1. The Hall–Kier alpha value is -4.24. The molecule has 5 rings (SSSR count). The van der Waals surface area contributed by atoms with Crippen LogP contribution in [0, 0.1) is 13.7 Å². The van der Waals surface area contributed by atoms with Gasteiger partial charge >= 0.3 is 5.97 Å². The van der Waals surface area contributed by atoms with Crippen molar-refractivity contribution in [2.24, 2.45) is 4.99 Å². The second kappa shape index (κ2) is 11.3. The van der Waals surface area contributed by atoms with Crippen LogP contribution in [-0.4, -0.2) is 34.3 Å². The molecule has 1 atom stereocenters. The normalized spacial score (nSPS) is 14.9. The van der Waals surface area contributed by atoms with Gasteiger partial charge in [0.15, 0.2) is 16.3 Å². The minimum Gasteiger partial charge on any atom is -0.504 e. The number of nitro benzene ring substituents is 1. The largest absolute Gasteiger partial charge is 0.504 e. The minimum absolute atomic E-state index is 0.00113. The Morgan fingerprint density at radius 3 is 2.78 bits per heavy atom. The summed E-state index contributed by atoms with van der Waals surface area (Å²) in [5.74, 6) is 0.211. The van der Waals surface area contributed by atoms with Crippen molar-refractivity contribution in [2.75, 3.05) is 13.7 Å². The molecule has 2 aromatic carbocycles. The first-order valence-corrected chi connectivity index (χ1v) is 14.1. The second-order valence-corrected chi connectivity index (χ2v) is 11.0. The Bertz CT molecular complexity index is 1920. The molecule has 41 heavy (non-hydrogen) atoms. The third-order valence-corrected chi connectivity index (χ3v) is 8.13. The molecular weight excluding hydrogens is 665 g/mol. The summed E-state index contributed by atoms with van der Waals surface area (Å²) in [5.41, 5.74) is 1.09. The fraction of sp³-hybridized carbons (Fsp3) is 0.179. The van der Waals surface area contributed by atoms with E-state index in [0.29, 0.717) is 35.5 Å². The number of benzene rings is 2. The van der Waals surface area contributed by atoms with Gasteiger partial charge in [0.25, 0.3) is 11.2 Å². The standard InChI is InChI=1S/C28H22IN3O8S/c1-4-39-27(35)23-14(2)30-28-31(26(34)22(41-28)12-15-10-18(29)25(33)21(11-15)38-3)24(23)20-9-8-19(40-20)16-6-5-7-17(13-16)32(36)37/h5-13,24,33H,4H2,1-3H3/b22-12-/t24-/m0/s1. The molecule has 2 aromatic heterocycles. The number of furan rings is 1. The quantitative estimate of drug-likeness (QED) is 0.131. The summed E-state index contributed by atoms with van der Waals surface area (Å²) < 4.78 is 19.0. The molecule has 1 aliphatic rings. The van der Waals surface area contributed by atoms with E-state index in [2.05, 4.69) is 4.99 Å². The molecule has 4 aromatic rings. The summed E-state index contributed by atoms with van der Waals surface area (Å²) in [6.07, 6.45) is 1.66. The number of ether oxygens (including phenoxy) is 2. The summed E-state index contributed by atoms with van der Waals surface area (Å²) in [5, 5.41) is 21.5.